The molecule has 0 bridgehead atoms. The average molecular weight is 256 g/mol. The Morgan fingerprint density at radius 2 is 1.89 bits per heavy atom. The minimum absolute atomic E-state index is 0.00477. The second kappa shape index (κ2) is 6.29. The fourth-order valence-electron chi connectivity index (χ4n) is 2.24. The van der Waals surface area contributed by atoms with Gasteiger partial charge in [-0.1, -0.05) is 26.0 Å². The highest BCUT2D eigenvalue weighted by Gasteiger charge is 2.19. The van der Waals surface area contributed by atoms with Gasteiger partial charge in [0.1, 0.15) is 5.82 Å². The number of aryl methyl sites for hydroxylation is 1. The van der Waals surface area contributed by atoms with Crippen LogP contribution in [0.4, 0.5) is 5.82 Å². The lowest BCUT2D eigenvalue weighted by atomic mass is 9.98. The molecule has 2 aromatic heterocycles. The molecule has 2 rings (SSSR count). The Bertz CT molecular complexity index is 539. The lowest BCUT2D eigenvalue weighted by Gasteiger charge is -2.21. The van der Waals surface area contributed by atoms with Crippen LogP contribution in [0.2, 0.25) is 0 Å². The molecule has 0 aliphatic rings. The van der Waals surface area contributed by atoms with Crippen LogP contribution in [0.1, 0.15) is 36.7 Å². The third-order valence-corrected chi connectivity index (χ3v) is 3.17. The molecule has 0 spiro atoms. The Labute approximate surface area is 114 Å². The van der Waals surface area contributed by atoms with E-state index >= 15 is 0 Å². The molecule has 19 heavy (non-hydrogen) atoms. The van der Waals surface area contributed by atoms with Gasteiger partial charge in [-0.3, -0.25) is 4.98 Å². The van der Waals surface area contributed by atoms with Crippen molar-refractivity contribution in [3.8, 4) is 0 Å². The SMILES string of the molecule is CCNC(c1cccnc1N)c1ncccc1CC. The Balaban J connectivity index is 2.49. The van der Waals surface area contributed by atoms with Crippen LogP contribution in [0.5, 0.6) is 0 Å². The van der Waals surface area contributed by atoms with Gasteiger partial charge in [-0.2, -0.15) is 0 Å². The van der Waals surface area contributed by atoms with Crippen LogP contribution in [0.15, 0.2) is 36.7 Å². The molecule has 0 amide bonds. The summed E-state index contributed by atoms with van der Waals surface area (Å²) in [5, 5.41) is 3.45. The second-order valence-electron chi connectivity index (χ2n) is 4.37. The van der Waals surface area contributed by atoms with E-state index in [0.717, 1.165) is 24.2 Å². The maximum Gasteiger partial charge on any atom is 0.128 e. The molecule has 4 nitrogen and oxygen atoms in total. The summed E-state index contributed by atoms with van der Waals surface area (Å²) in [7, 11) is 0. The van der Waals surface area contributed by atoms with E-state index in [1.807, 2.05) is 24.4 Å². The van der Waals surface area contributed by atoms with Crippen LogP contribution in [0.25, 0.3) is 0 Å². The van der Waals surface area contributed by atoms with Crippen LogP contribution in [0.3, 0.4) is 0 Å². The summed E-state index contributed by atoms with van der Waals surface area (Å²) in [5.41, 5.74) is 9.25. The number of hydrogen-bond acceptors (Lipinski definition) is 4. The van der Waals surface area contributed by atoms with E-state index in [1.54, 1.807) is 6.20 Å². The van der Waals surface area contributed by atoms with Crippen molar-refractivity contribution >= 4 is 5.82 Å². The van der Waals surface area contributed by atoms with Gasteiger partial charge in [-0.15, -0.1) is 0 Å². The molecular weight excluding hydrogens is 236 g/mol. The highest BCUT2D eigenvalue weighted by molar-refractivity contribution is 5.45. The van der Waals surface area contributed by atoms with Gasteiger partial charge in [0.2, 0.25) is 0 Å². The van der Waals surface area contributed by atoms with Crippen molar-refractivity contribution in [3.63, 3.8) is 0 Å². The number of nitrogens with one attached hydrogen (secondary N) is 1. The van der Waals surface area contributed by atoms with E-state index in [9.17, 15) is 0 Å². The first kappa shape index (κ1) is 13.5. The predicted molar refractivity (Wildman–Crippen MR) is 77.8 cm³/mol. The van der Waals surface area contributed by atoms with Crippen molar-refractivity contribution in [2.24, 2.45) is 0 Å². The zero-order chi connectivity index (χ0) is 13.7. The standard InChI is InChI=1S/C15H20N4/c1-3-11-7-5-9-18-13(11)14(17-4-2)12-8-6-10-19-15(12)16/h5-10,14,17H,3-4H2,1-2H3,(H2,16,19). The van der Waals surface area contributed by atoms with Crippen LogP contribution in [-0.2, 0) is 6.42 Å². The van der Waals surface area contributed by atoms with Crippen molar-refractivity contribution in [2.45, 2.75) is 26.3 Å². The quantitative estimate of drug-likeness (QED) is 0.861. The third kappa shape index (κ3) is 2.90. The highest BCUT2D eigenvalue weighted by Crippen LogP contribution is 2.26. The average Bonchev–Trinajstić information content (AvgIpc) is 2.46. The van der Waals surface area contributed by atoms with E-state index in [-0.39, 0.29) is 6.04 Å². The monoisotopic (exact) mass is 256 g/mol. The minimum Gasteiger partial charge on any atom is -0.383 e. The number of anilines is 1. The van der Waals surface area contributed by atoms with Crippen molar-refractivity contribution in [2.75, 3.05) is 12.3 Å². The molecule has 0 radical (unpaired) electrons. The first-order chi connectivity index (χ1) is 9.27. The summed E-state index contributed by atoms with van der Waals surface area (Å²) in [4.78, 5) is 8.71. The van der Waals surface area contributed by atoms with Crippen molar-refractivity contribution in [1.29, 1.82) is 0 Å². The van der Waals surface area contributed by atoms with Gasteiger partial charge < -0.3 is 11.1 Å². The first-order valence-corrected chi connectivity index (χ1v) is 6.65. The number of nitrogens with two attached hydrogens (primary N) is 1. The van der Waals surface area contributed by atoms with Gasteiger partial charge in [0.15, 0.2) is 0 Å². The van der Waals surface area contributed by atoms with Gasteiger partial charge in [0.25, 0.3) is 0 Å². The molecule has 1 unspecified atom stereocenters. The van der Waals surface area contributed by atoms with E-state index in [2.05, 4.69) is 35.2 Å². The van der Waals surface area contributed by atoms with Crippen LogP contribution >= 0.6 is 0 Å². The topological polar surface area (TPSA) is 63.8 Å². The lowest BCUT2D eigenvalue weighted by molar-refractivity contribution is 0.609. The lowest BCUT2D eigenvalue weighted by Crippen LogP contribution is -2.25. The van der Waals surface area contributed by atoms with Crippen molar-refractivity contribution in [1.82, 2.24) is 15.3 Å². The summed E-state index contributed by atoms with van der Waals surface area (Å²) >= 11 is 0. The number of pyridine rings is 2. The molecule has 2 heterocycles. The van der Waals surface area contributed by atoms with Crippen LogP contribution < -0.4 is 11.1 Å². The van der Waals surface area contributed by atoms with Gasteiger partial charge in [-0.25, -0.2) is 4.98 Å². The molecule has 0 aliphatic heterocycles. The fraction of sp³-hybridized carbons (Fsp3) is 0.333. The molecule has 0 aromatic carbocycles. The van der Waals surface area contributed by atoms with Crippen LogP contribution in [0, 0.1) is 0 Å². The largest absolute Gasteiger partial charge is 0.383 e. The van der Waals surface area contributed by atoms with Gasteiger partial charge in [0.05, 0.1) is 11.7 Å². The summed E-state index contributed by atoms with van der Waals surface area (Å²) in [6.07, 6.45) is 4.48. The number of rotatable bonds is 5. The number of nitrogens with zero attached hydrogens (tertiary/aromatic N) is 2. The third-order valence-electron chi connectivity index (χ3n) is 3.17. The van der Waals surface area contributed by atoms with E-state index < -0.39 is 0 Å². The molecule has 3 N–H and O–H groups in total. The molecule has 2 aromatic rings. The summed E-state index contributed by atoms with van der Waals surface area (Å²) in [6, 6.07) is 7.99. The van der Waals surface area contributed by atoms with Crippen molar-refractivity contribution < 1.29 is 0 Å². The summed E-state index contributed by atoms with van der Waals surface area (Å²) in [6.45, 7) is 5.06. The summed E-state index contributed by atoms with van der Waals surface area (Å²) < 4.78 is 0. The normalized spacial score (nSPS) is 12.3. The summed E-state index contributed by atoms with van der Waals surface area (Å²) in [5.74, 6) is 0.557. The fourth-order valence-corrected chi connectivity index (χ4v) is 2.24. The molecule has 4 heteroatoms. The molecular formula is C15H20N4. The maximum atomic E-state index is 6.00. The molecule has 0 fully saturated rings. The molecule has 1 atom stereocenters. The zero-order valence-corrected chi connectivity index (χ0v) is 11.4. The second-order valence-corrected chi connectivity index (χ2v) is 4.37. The Hall–Kier alpha value is -1.94. The zero-order valence-electron chi connectivity index (χ0n) is 11.4. The number of aromatic nitrogens is 2. The van der Waals surface area contributed by atoms with Gasteiger partial charge >= 0.3 is 0 Å². The Morgan fingerprint density at radius 1 is 1.16 bits per heavy atom. The molecule has 0 saturated heterocycles. The Morgan fingerprint density at radius 3 is 2.58 bits per heavy atom. The van der Waals surface area contributed by atoms with E-state index in [4.69, 9.17) is 5.73 Å². The number of nitrogen functional groups attached to an aromatic ring is 1. The highest BCUT2D eigenvalue weighted by atomic mass is 15.0. The van der Waals surface area contributed by atoms with Gasteiger partial charge in [0, 0.05) is 18.0 Å². The van der Waals surface area contributed by atoms with E-state index in [1.165, 1.54) is 5.56 Å². The van der Waals surface area contributed by atoms with Crippen LogP contribution in [-0.4, -0.2) is 16.5 Å². The predicted octanol–water partition coefficient (Wildman–Crippen LogP) is 2.32. The molecule has 0 saturated carbocycles. The minimum atomic E-state index is -0.00477. The van der Waals surface area contributed by atoms with E-state index in [0.29, 0.717) is 5.82 Å². The molecule has 0 aliphatic carbocycles. The molecule has 100 valence electrons. The maximum absolute atomic E-state index is 6.00. The van der Waals surface area contributed by atoms with Gasteiger partial charge in [-0.05, 0) is 30.7 Å². The Kier molecular flexibility index (Phi) is 4.47. The first-order valence-electron chi connectivity index (χ1n) is 6.65. The smallest absolute Gasteiger partial charge is 0.128 e. The number of hydrogen-bond donors (Lipinski definition) is 2. The van der Waals surface area contributed by atoms with Crippen molar-refractivity contribution in [3.05, 3.63) is 53.5 Å².